The molecule has 5 nitrogen and oxygen atoms in total. The number of carbonyl (C=O) groups is 1. The molecule has 1 aliphatic carbocycles. The maximum absolute atomic E-state index is 12.1. The van der Waals surface area contributed by atoms with Gasteiger partial charge >= 0.3 is 0 Å². The highest BCUT2D eigenvalue weighted by atomic mass is 16.6. The van der Waals surface area contributed by atoms with Crippen molar-refractivity contribution in [3.63, 3.8) is 0 Å². The van der Waals surface area contributed by atoms with Gasteiger partial charge in [0.2, 0.25) is 0 Å². The summed E-state index contributed by atoms with van der Waals surface area (Å²) in [5, 5.41) is 0. The SMILES string of the molecule is CC(CC1CCCC1)(NOCc1ccccc1)C(=O)NN. The summed E-state index contributed by atoms with van der Waals surface area (Å²) in [5.41, 5.74) is 5.44. The summed E-state index contributed by atoms with van der Waals surface area (Å²) in [5.74, 6) is 5.64. The predicted molar refractivity (Wildman–Crippen MR) is 81.7 cm³/mol. The molecular weight excluding hydrogens is 266 g/mol. The number of amides is 1. The number of nitrogens with one attached hydrogen (secondary N) is 2. The minimum absolute atomic E-state index is 0.234. The molecular formula is C16H25N3O2. The Morgan fingerprint density at radius 3 is 2.62 bits per heavy atom. The number of carbonyl (C=O) groups excluding carboxylic acids is 1. The van der Waals surface area contributed by atoms with Crippen LogP contribution in [-0.4, -0.2) is 11.4 Å². The Kier molecular flexibility index (Phi) is 5.73. The molecule has 0 aromatic heterocycles. The lowest BCUT2D eigenvalue weighted by molar-refractivity contribution is -0.136. The normalized spacial score (nSPS) is 18.4. The van der Waals surface area contributed by atoms with Gasteiger partial charge in [-0.3, -0.25) is 15.1 Å². The van der Waals surface area contributed by atoms with Crippen molar-refractivity contribution in [3.05, 3.63) is 35.9 Å². The Bertz CT molecular complexity index is 446. The quantitative estimate of drug-likeness (QED) is 0.408. The van der Waals surface area contributed by atoms with E-state index in [0.717, 1.165) is 12.0 Å². The molecule has 5 heteroatoms. The van der Waals surface area contributed by atoms with Crippen LogP contribution < -0.4 is 16.7 Å². The molecule has 1 atom stereocenters. The molecule has 1 aromatic rings. The van der Waals surface area contributed by atoms with Gasteiger partial charge in [-0.25, -0.2) is 5.84 Å². The molecule has 1 fully saturated rings. The molecule has 1 saturated carbocycles. The summed E-state index contributed by atoms with van der Waals surface area (Å²) < 4.78 is 0. The van der Waals surface area contributed by atoms with Gasteiger partial charge in [0.05, 0.1) is 6.61 Å². The highest BCUT2D eigenvalue weighted by Gasteiger charge is 2.36. The fraction of sp³-hybridized carbons (Fsp3) is 0.562. The van der Waals surface area contributed by atoms with E-state index in [9.17, 15) is 4.79 Å². The van der Waals surface area contributed by atoms with Crippen LogP contribution in [0.15, 0.2) is 30.3 Å². The van der Waals surface area contributed by atoms with Gasteiger partial charge in [0.1, 0.15) is 5.54 Å². The zero-order valence-corrected chi connectivity index (χ0v) is 12.6. The van der Waals surface area contributed by atoms with Crippen LogP contribution in [0, 0.1) is 5.92 Å². The first-order valence-electron chi connectivity index (χ1n) is 7.58. The predicted octanol–water partition coefficient (Wildman–Crippen LogP) is 2.04. The van der Waals surface area contributed by atoms with Crippen LogP contribution in [0.2, 0.25) is 0 Å². The van der Waals surface area contributed by atoms with Crippen LogP contribution in [0.5, 0.6) is 0 Å². The van der Waals surface area contributed by atoms with E-state index in [-0.39, 0.29) is 5.91 Å². The lowest BCUT2D eigenvalue weighted by Gasteiger charge is -2.30. The molecule has 1 unspecified atom stereocenters. The number of hydrogen-bond donors (Lipinski definition) is 3. The topological polar surface area (TPSA) is 76.4 Å². The summed E-state index contributed by atoms with van der Waals surface area (Å²) in [7, 11) is 0. The zero-order valence-electron chi connectivity index (χ0n) is 12.6. The molecule has 4 N–H and O–H groups in total. The summed E-state index contributed by atoms with van der Waals surface area (Å²) in [4.78, 5) is 17.6. The van der Waals surface area contributed by atoms with Gasteiger partial charge in [0, 0.05) is 0 Å². The molecule has 116 valence electrons. The molecule has 0 bridgehead atoms. The molecule has 0 heterocycles. The van der Waals surface area contributed by atoms with Crippen molar-refractivity contribution < 1.29 is 9.63 Å². The minimum atomic E-state index is -0.793. The number of hydrogen-bond acceptors (Lipinski definition) is 4. The van der Waals surface area contributed by atoms with Crippen LogP contribution in [-0.2, 0) is 16.2 Å². The maximum atomic E-state index is 12.1. The minimum Gasteiger partial charge on any atom is -0.296 e. The molecule has 2 rings (SSSR count). The number of benzene rings is 1. The molecule has 0 spiro atoms. The lowest BCUT2D eigenvalue weighted by atomic mass is 9.88. The highest BCUT2D eigenvalue weighted by molar-refractivity contribution is 5.85. The van der Waals surface area contributed by atoms with Crippen LogP contribution in [0.25, 0.3) is 0 Å². The first-order chi connectivity index (χ1) is 10.1. The Morgan fingerprint density at radius 2 is 2.00 bits per heavy atom. The van der Waals surface area contributed by atoms with Crippen molar-refractivity contribution in [1.29, 1.82) is 0 Å². The zero-order chi connectivity index (χ0) is 15.1. The summed E-state index contributed by atoms with van der Waals surface area (Å²) in [6, 6.07) is 9.85. The van der Waals surface area contributed by atoms with E-state index < -0.39 is 5.54 Å². The van der Waals surface area contributed by atoms with E-state index in [0.29, 0.717) is 12.5 Å². The van der Waals surface area contributed by atoms with Crippen molar-refractivity contribution in [3.8, 4) is 0 Å². The van der Waals surface area contributed by atoms with Crippen molar-refractivity contribution >= 4 is 5.91 Å². The third kappa shape index (κ3) is 4.52. The Balaban J connectivity index is 1.90. The van der Waals surface area contributed by atoms with Gasteiger partial charge in [-0.15, -0.1) is 0 Å². The van der Waals surface area contributed by atoms with E-state index in [4.69, 9.17) is 10.7 Å². The largest absolute Gasteiger partial charge is 0.296 e. The number of hydrazine groups is 1. The first-order valence-corrected chi connectivity index (χ1v) is 7.58. The van der Waals surface area contributed by atoms with Gasteiger partial charge in [0.25, 0.3) is 5.91 Å². The second-order valence-corrected chi connectivity index (χ2v) is 6.04. The summed E-state index contributed by atoms with van der Waals surface area (Å²) in [6.07, 6.45) is 5.58. The molecule has 0 aliphatic heterocycles. The van der Waals surface area contributed by atoms with Crippen LogP contribution in [0.1, 0.15) is 44.6 Å². The highest BCUT2D eigenvalue weighted by Crippen LogP contribution is 2.32. The van der Waals surface area contributed by atoms with E-state index in [1.807, 2.05) is 37.3 Å². The van der Waals surface area contributed by atoms with Crippen molar-refractivity contribution in [2.24, 2.45) is 11.8 Å². The smallest absolute Gasteiger partial charge is 0.256 e. The van der Waals surface area contributed by atoms with Crippen molar-refractivity contribution in [1.82, 2.24) is 10.9 Å². The standard InChI is InChI=1S/C16H25N3O2/c1-16(15(20)18-17,11-13-7-5-6-8-13)19-21-12-14-9-3-2-4-10-14/h2-4,9-10,13,19H,5-8,11-12,17H2,1H3,(H,18,20). The average Bonchev–Trinajstić information content (AvgIpc) is 3.00. The van der Waals surface area contributed by atoms with Crippen molar-refractivity contribution in [2.75, 3.05) is 0 Å². The van der Waals surface area contributed by atoms with Crippen molar-refractivity contribution in [2.45, 2.75) is 51.2 Å². The Morgan fingerprint density at radius 1 is 1.33 bits per heavy atom. The van der Waals surface area contributed by atoms with Crippen LogP contribution in [0.3, 0.4) is 0 Å². The van der Waals surface area contributed by atoms with Crippen LogP contribution in [0.4, 0.5) is 0 Å². The van der Waals surface area contributed by atoms with Gasteiger partial charge in [-0.1, -0.05) is 56.0 Å². The second kappa shape index (κ2) is 7.54. The van der Waals surface area contributed by atoms with E-state index >= 15 is 0 Å². The van der Waals surface area contributed by atoms with Gasteiger partial charge in [-0.2, -0.15) is 5.48 Å². The molecule has 21 heavy (non-hydrogen) atoms. The molecule has 1 aromatic carbocycles. The fourth-order valence-corrected chi connectivity index (χ4v) is 2.98. The van der Waals surface area contributed by atoms with E-state index in [2.05, 4.69) is 10.9 Å². The molecule has 1 amide bonds. The second-order valence-electron chi connectivity index (χ2n) is 6.04. The summed E-state index contributed by atoms with van der Waals surface area (Å²) in [6.45, 7) is 2.26. The lowest BCUT2D eigenvalue weighted by Crippen LogP contribution is -2.57. The molecule has 1 aliphatic rings. The third-order valence-electron chi connectivity index (χ3n) is 4.18. The first kappa shape index (κ1) is 15.9. The number of hydroxylamine groups is 1. The number of nitrogens with two attached hydrogens (primary N) is 1. The molecule has 0 radical (unpaired) electrons. The molecule has 0 saturated heterocycles. The van der Waals surface area contributed by atoms with Gasteiger partial charge in [-0.05, 0) is 24.8 Å². The summed E-state index contributed by atoms with van der Waals surface area (Å²) >= 11 is 0. The average molecular weight is 291 g/mol. The fourth-order valence-electron chi connectivity index (χ4n) is 2.98. The van der Waals surface area contributed by atoms with Crippen LogP contribution >= 0.6 is 0 Å². The Labute approximate surface area is 126 Å². The number of rotatable bonds is 7. The monoisotopic (exact) mass is 291 g/mol. The Hall–Kier alpha value is -1.43. The maximum Gasteiger partial charge on any atom is 0.256 e. The third-order valence-corrected chi connectivity index (χ3v) is 4.18. The van der Waals surface area contributed by atoms with E-state index in [1.54, 1.807) is 0 Å². The van der Waals surface area contributed by atoms with E-state index in [1.165, 1.54) is 25.7 Å². The van der Waals surface area contributed by atoms with Gasteiger partial charge < -0.3 is 0 Å². The van der Waals surface area contributed by atoms with Gasteiger partial charge in [0.15, 0.2) is 0 Å².